The van der Waals surface area contributed by atoms with Crippen LogP contribution in [0.2, 0.25) is 0 Å². The van der Waals surface area contributed by atoms with Crippen LogP contribution in [0.1, 0.15) is 25.0 Å². The molecule has 1 heterocycles. The summed E-state index contributed by atoms with van der Waals surface area (Å²) in [5, 5.41) is 0.205. The lowest BCUT2D eigenvalue weighted by Gasteiger charge is -2.46. The molecule has 0 bridgehead atoms. The fraction of sp³-hybridized carbons (Fsp3) is 0.600. The molecule has 6 heteroatoms. The van der Waals surface area contributed by atoms with Crippen molar-refractivity contribution in [3.05, 3.63) is 29.3 Å². The van der Waals surface area contributed by atoms with E-state index in [2.05, 4.69) is 34.7 Å². The molecule has 0 aliphatic carbocycles. The van der Waals surface area contributed by atoms with Crippen molar-refractivity contribution in [2.45, 2.75) is 30.9 Å². The topological polar surface area (TPSA) is 6.48 Å². The summed E-state index contributed by atoms with van der Waals surface area (Å²) in [6, 6.07) is 4.63. The standard InChI is InChI=1S/C15H20BrF3N2/c1-14(2)10-21(7-6-20(14)3)12-5-4-11(9-16)13(8-12)15(17,18)19/h4-5,8H,6-7,9-10H2,1-3H3. The fourth-order valence-corrected chi connectivity index (χ4v) is 3.09. The average molecular weight is 365 g/mol. The Labute approximate surface area is 132 Å². The van der Waals surface area contributed by atoms with Gasteiger partial charge in [0.2, 0.25) is 0 Å². The van der Waals surface area contributed by atoms with Gasteiger partial charge < -0.3 is 4.90 Å². The normalized spacial score (nSPS) is 19.9. The molecule has 0 saturated carbocycles. The first kappa shape index (κ1) is 16.6. The van der Waals surface area contributed by atoms with Crippen LogP contribution in [-0.2, 0) is 11.5 Å². The van der Waals surface area contributed by atoms with Crippen LogP contribution >= 0.6 is 15.9 Å². The first-order valence-electron chi connectivity index (χ1n) is 6.87. The molecule has 1 aromatic carbocycles. The molecule has 1 aliphatic rings. The van der Waals surface area contributed by atoms with Gasteiger partial charge in [0.15, 0.2) is 0 Å². The summed E-state index contributed by atoms with van der Waals surface area (Å²) >= 11 is 3.13. The molecule has 0 N–H and O–H groups in total. The van der Waals surface area contributed by atoms with E-state index in [1.165, 1.54) is 6.07 Å². The molecule has 1 saturated heterocycles. The van der Waals surface area contributed by atoms with E-state index >= 15 is 0 Å². The summed E-state index contributed by atoms with van der Waals surface area (Å²) in [5.74, 6) is 0. The van der Waals surface area contributed by atoms with Gasteiger partial charge in [0.25, 0.3) is 0 Å². The molecule has 1 aromatic rings. The van der Waals surface area contributed by atoms with Gasteiger partial charge in [-0.15, -0.1) is 0 Å². The van der Waals surface area contributed by atoms with Crippen molar-refractivity contribution >= 4 is 21.6 Å². The Morgan fingerprint density at radius 3 is 2.43 bits per heavy atom. The lowest BCUT2D eigenvalue weighted by molar-refractivity contribution is -0.138. The van der Waals surface area contributed by atoms with Crippen LogP contribution in [0.25, 0.3) is 0 Å². The number of piperazine rings is 1. The average Bonchev–Trinajstić information content (AvgIpc) is 2.40. The maximum absolute atomic E-state index is 13.1. The maximum atomic E-state index is 13.1. The molecule has 2 nitrogen and oxygen atoms in total. The van der Waals surface area contributed by atoms with Gasteiger partial charge in [-0.05, 0) is 38.6 Å². The summed E-state index contributed by atoms with van der Waals surface area (Å²) < 4.78 is 39.4. The zero-order valence-corrected chi connectivity index (χ0v) is 14.1. The molecule has 0 spiro atoms. The largest absolute Gasteiger partial charge is 0.416 e. The predicted molar refractivity (Wildman–Crippen MR) is 83.0 cm³/mol. The summed E-state index contributed by atoms with van der Waals surface area (Å²) in [6.45, 7) is 6.52. The van der Waals surface area contributed by atoms with E-state index in [0.29, 0.717) is 12.2 Å². The number of hydrogen-bond donors (Lipinski definition) is 0. The van der Waals surface area contributed by atoms with Crippen LogP contribution in [0.4, 0.5) is 18.9 Å². The lowest BCUT2D eigenvalue weighted by Crippen LogP contribution is -2.57. The van der Waals surface area contributed by atoms with Gasteiger partial charge >= 0.3 is 6.18 Å². The second kappa shape index (κ2) is 5.80. The van der Waals surface area contributed by atoms with E-state index in [4.69, 9.17) is 0 Å². The molecule has 0 atom stereocenters. The highest BCUT2D eigenvalue weighted by Crippen LogP contribution is 2.36. The molecule has 2 rings (SSSR count). The van der Waals surface area contributed by atoms with Crippen molar-refractivity contribution in [3.8, 4) is 0 Å². The van der Waals surface area contributed by atoms with E-state index < -0.39 is 11.7 Å². The van der Waals surface area contributed by atoms with E-state index in [9.17, 15) is 13.2 Å². The predicted octanol–water partition coefficient (Wildman–Crippen LogP) is 4.13. The number of nitrogens with zero attached hydrogens (tertiary/aromatic N) is 2. The Kier molecular flexibility index (Phi) is 4.59. The van der Waals surface area contributed by atoms with Gasteiger partial charge in [0, 0.05) is 36.2 Å². The van der Waals surface area contributed by atoms with E-state index in [1.54, 1.807) is 12.1 Å². The smallest absolute Gasteiger partial charge is 0.368 e. The van der Waals surface area contributed by atoms with Crippen molar-refractivity contribution in [2.75, 3.05) is 31.6 Å². The molecule has 0 aromatic heterocycles. The zero-order chi connectivity index (χ0) is 15.8. The van der Waals surface area contributed by atoms with Crippen LogP contribution in [0.5, 0.6) is 0 Å². The van der Waals surface area contributed by atoms with Gasteiger partial charge in [0.1, 0.15) is 0 Å². The Bertz CT molecular complexity index is 514. The molecule has 1 aliphatic heterocycles. The van der Waals surface area contributed by atoms with Crippen LogP contribution in [-0.4, -0.2) is 37.1 Å². The van der Waals surface area contributed by atoms with Gasteiger partial charge in [0.05, 0.1) is 5.56 Å². The van der Waals surface area contributed by atoms with Gasteiger partial charge in [-0.1, -0.05) is 22.0 Å². The van der Waals surface area contributed by atoms with Crippen LogP contribution in [0, 0.1) is 0 Å². The van der Waals surface area contributed by atoms with E-state index in [0.717, 1.165) is 13.1 Å². The molecule has 0 unspecified atom stereocenters. The Hall–Kier alpha value is -0.750. The minimum atomic E-state index is -4.32. The number of hydrogen-bond acceptors (Lipinski definition) is 2. The first-order valence-corrected chi connectivity index (χ1v) is 7.99. The Morgan fingerprint density at radius 2 is 1.90 bits per heavy atom. The van der Waals surface area contributed by atoms with E-state index in [-0.39, 0.29) is 16.4 Å². The third-order valence-electron chi connectivity index (χ3n) is 4.22. The van der Waals surface area contributed by atoms with Crippen molar-refractivity contribution in [2.24, 2.45) is 0 Å². The maximum Gasteiger partial charge on any atom is 0.416 e. The minimum absolute atomic E-state index is 0.0509. The number of likely N-dealkylation sites (N-methyl/N-ethyl adjacent to an activating group) is 1. The summed E-state index contributed by atoms with van der Waals surface area (Å²) in [6.07, 6.45) is -4.32. The van der Waals surface area contributed by atoms with Crippen LogP contribution < -0.4 is 4.90 Å². The van der Waals surface area contributed by atoms with Crippen LogP contribution in [0.15, 0.2) is 18.2 Å². The highest BCUT2D eigenvalue weighted by Gasteiger charge is 2.35. The SMILES string of the molecule is CN1CCN(c2ccc(CBr)c(C(F)(F)F)c2)CC1(C)C. The van der Waals surface area contributed by atoms with Crippen molar-refractivity contribution in [1.82, 2.24) is 4.90 Å². The number of alkyl halides is 4. The van der Waals surface area contributed by atoms with Gasteiger partial charge in [-0.25, -0.2) is 0 Å². The number of rotatable bonds is 2. The highest BCUT2D eigenvalue weighted by molar-refractivity contribution is 9.08. The van der Waals surface area contributed by atoms with Crippen molar-refractivity contribution < 1.29 is 13.2 Å². The monoisotopic (exact) mass is 364 g/mol. The third kappa shape index (κ3) is 3.54. The lowest BCUT2D eigenvalue weighted by atomic mass is 9.98. The molecule has 1 fully saturated rings. The molecular formula is C15H20BrF3N2. The molecule has 0 amide bonds. The fourth-order valence-electron chi connectivity index (χ4n) is 2.60. The van der Waals surface area contributed by atoms with Crippen molar-refractivity contribution in [3.63, 3.8) is 0 Å². The third-order valence-corrected chi connectivity index (χ3v) is 4.83. The minimum Gasteiger partial charge on any atom is -0.368 e. The first-order chi connectivity index (χ1) is 9.65. The van der Waals surface area contributed by atoms with Crippen molar-refractivity contribution in [1.29, 1.82) is 0 Å². The quantitative estimate of drug-likeness (QED) is 0.728. The summed E-state index contributed by atoms with van der Waals surface area (Å²) in [4.78, 5) is 4.27. The highest BCUT2D eigenvalue weighted by atomic mass is 79.9. The molecule has 0 radical (unpaired) electrons. The van der Waals surface area contributed by atoms with E-state index in [1.807, 2.05) is 11.9 Å². The number of benzene rings is 1. The summed E-state index contributed by atoms with van der Waals surface area (Å²) in [5.41, 5.74) is 0.325. The molecule has 21 heavy (non-hydrogen) atoms. The number of anilines is 1. The Morgan fingerprint density at radius 1 is 1.24 bits per heavy atom. The second-order valence-electron chi connectivity index (χ2n) is 6.13. The summed E-state index contributed by atoms with van der Waals surface area (Å²) in [7, 11) is 2.05. The second-order valence-corrected chi connectivity index (χ2v) is 6.69. The molecular weight excluding hydrogens is 345 g/mol. The van der Waals surface area contributed by atoms with Gasteiger partial charge in [-0.3, -0.25) is 4.90 Å². The zero-order valence-electron chi connectivity index (χ0n) is 12.5. The van der Waals surface area contributed by atoms with Crippen LogP contribution in [0.3, 0.4) is 0 Å². The Balaban J connectivity index is 2.33. The number of halogens is 4. The van der Waals surface area contributed by atoms with Gasteiger partial charge in [-0.2, -0.15) is 13.2 Å². The molecule has 118 valence electrons.